The second-order valence-corrected chi connectivity index (χ2v) is 6.45. The van der Waals surface area contributed by atoms with E-state index in [0.717, 1.165) is 25.0 Å². The molecule has 15 heavy (non-hydrogen) atoms. The third kappa shape index (κ3) is 6.29. The lowest BCUT2D eigenvalue weighted by atomic mass is 9.96. The first-order valence-corrected chi connectivity index (χ1v) is 8.52. The van der Waals surface area contributed by atoms with Gasteiger partial charge < -0.3 is 0 Å². The number of rotatable bonds is 8. The second kappa shape index (κ2) is 9.02. The lowest BCUT2D eigenvalue weighted by molar-refractivity contribution is -0.0301. The monoisotopic (exact) mass is 363 g/mol. The fourth-order valence-electron chi connectivity index (χ4n) is 1.36. The number of hydrogen-bond donors (Lipinski definition) is 0. The summed E-state index contributed by atoms with van der Waals surface area (Å²) in [5.41, 5.74) is -0.237. The molecule has 0 saturated carbocycles. The minimum Gasteiger partial charge on any atom is -0.263 e. The van der Waals surface area contributed by atoms with E-state index in [1.807, 2.05) is 0 Å². The van der Waals surface area contributed by atoms with Crippen molar-refractivity contribution in [2.75, 3.05) is 12.0 Å². The quantitative estimate of drug-likeness (QED) is 0.280. The fraction of sp³-hybridized carbons (Fsp3) is 1.00. The highest BCUT2D eigenvalue weighted by atomic mass is 127. The Labute approximate surface area is 111 Å². The van der Waals surface area contributed by atoms with Crippen LogP contribution in [0.3, 0.4) is 0 Å². The van der Waals surface area contributed by atoms with E-state index in [9.17, 15) is 4.57 Å². The molecule has 0 heterocycles. The Morgan fingerprint density at radius 3 is 2.67 bits per heavy atom. The molecule has 3 unspecified atom stereocenters. The van der Waals surface area contributed by atoms with E-state index in [4.69, 9.17) is 4.84 Å². The van der Waals surface area contributed by atoms with Gasteiger partial charge in [-0.2, -0.15) is 11.8 Å². The Bertz CT molecular complexity index is 226. The molecule has 3 atom stereocenters. The Kier molecular flexibility index (Phi) is 9.59. The Morgan fingerprint density at radius 1 is 1.60 bits per heavy atom. The molecule has 0 N–H and O–H groups in total. The molecule has 0 saturated heterocycles. The van der Waals surface area contributed by atoms with Crippen molar-refractivity contribution in [3.8, 4) is 0 Å². The van der Waals surface area contributed by atoms with Gasteiger partial charge in [-0.15, -0.1) is 0 Å². The number of thioether (sulfide) groups is 1. The normalized spacial score (nSPS) is 17.3. The fourth-order valence-corrected chi connectivity index (χ4v) is 3.29. The minimum atomic E-state index is -0.723. The Balaban J connectivity index is 4.54. The van der Waals surface area contributed by atoms with E-state index in [0.29, 0.717) is 3.92 Å². The van der Waals surface area contributed by atoms with Gasteiger partial charge in [-0.05, 0) is 25.5 Å². The minimum absolute atomic E-state index is 0.237. The van der Waals surface area contributed by atoms with Gasteiger partial charge in [0.1, 0.15) is 5.60 Å². The van der Waals surface area contributed by atoms with Crippen LogP contribution < -0.4 is 0 Å². The zero-order valence-corrected chi connectivity index (χ0v) is 13.4. The highest BCUT2D eigenvalue weighted by Gasteiger charge is 2.31. The highest BCUT2D eigenvalue weighted by Crippen LogP contribution is 2.30. The molecule has 0 aliphatic heterocycles. The molecular weight excluding hydrogens is 344 g/mol. The molecule has 0 amide bonds. The van der Waals surface area contributed by atoms with Gasteiger partial charge in [0.25, 0.3) is 0 Å². The second-order valence-electron chi connectivity index (χ2n) is 3.45. The Morgan fingerprint density at radius 2 is 2.27 bits per heavy atom. The van der Waals surface area contributed by atoms with Gasteiger partial charge in [0.15, 0.2) is 0 Å². The van der Waals surface area contributed by atoms with Gasteiger partial charge in [0.05, 0.1) is 0 Å². The summed E-state index contributed by atoms with van der Waals surface area (Å²) in [5.74, 6) is 0.900. The van der Waals surface area contributed by atoms with Crippen molar-refractivity contribution < 1.29 is 9.40 Å². The summed E-state index contributed by atoms with van der Waals surface area (Å²) in [6, 6.07) is 0. The molecule has 0 aromatic heterocycles. The topological polar surface area (TPSA) is 38.7 Å². The first-order valence-electron chi connectivity index (χ1n) is 5.02. The third-order valence-corrected chi connectivity index (χ3v) is 4.67. The van der Waals surface area contributed by atoms with Gasteiger partial charge in [-0.1, -0.05) is 41.3 Å². The molecule has 0 fully saturated rings. The molecule has 90 valence electrons. The van der Waals surface area contributed by atoms with Crippen LogP contribution in [0.25, 0.3) is 0 Å². The molecule has 6 heteroatoms. The summed E-state index contributed by atoms with van der Waals surface area (Å²) >= 11 is 4.19. The molecule has 3 nitrogen and oxygen atoms in total. The number of halogens is 1. The number of hydrogen-bond acceptors (Lipinski definition) is 4. The molecule has 0 bridgehead atoms. The Hall–Kier alpha value is 0.940. The summed E-state index contributed by atoms with van der Waals surface area (Å²) in [5, 5.41) is 0. The van der Waals surface area contributed by atoms with Crippen LogP contribution in [0.2, 0.25) is 0 Å². The molecule has 0 aliphatic rings. The van der Waals surface area contributed by atoms with Crippen LogP contribution in [0.1, 0.15) is 33.1 Å². The van der Waals surface area contributed by atoms with E-state index < -0.39 is 8.25 Å². The number of alkyl halides is 1. The van der Waals surface area contributed by atoms with Crippen LogP contribution in [0.5, 0.6) is 0 Å². The van der Waals surface area contributed by atoms with Crippen molar-refractivity contribution in [2.45, 2.75) is 42.6 Å². The van der Waals surface area contributed by atoms with Crippen molar-refractivity contribution in [1.82, 2.24) is 0 Å². The molecule has 0 aliphatic carbocycles. The van der Waals surface area contributed by atoms with Crippen LogP contribution in [0.4, 0.5) is 0 Å². The van der Waals surface area contributed by atoms with Crippen LogP contribution >= 0.6 is 42.6 Å². The summed E-state index contributed by atoms with van der Waals surface area (Å²) in [4.78, 5) is 9.02. The number of nitrogens with zero attached hydrogens (tertiary/aromatic N) is 1. The first kappa shape index (κ1) is 15.9. The van der Waals surface area contributed by atoms with Crippen LogP contribution in [0.15, 0.2) is 4.91 Å². The standard InChI is InChI=1S/C9H19INO2PS/c1-4-8(10)6-9(5-2,7-15-3)13-11-14-12/h8,14H,4-7H2,1-3H3. The largest absolute Gasteiger partial charge is 0.263 e. The average molecular weight is 363 g/mol. The summed E-state index contributed by atoms with van der Waals surface area (Å²) in [6.45, 7) is 4.27. The maximum Gasteiger partial charge on any atom is 0.206 e. The SMILES string of the molecule is CCC(I)CC(CC)(CSC)ON=[PH]=O. The molecule has 0 aromatic rings. The van der Waals surface area contributed by atoms with Crippen LogP contribution in [-0.4, -0.2) is 21.5 Å². The van der Waals surface area contributed by atoms with Gasteiger partial charge in [0.2, 0.25) is 8.25 Å². The molecule has 0 spiro atoms. The van der Waals surface area contributed by atoms with Crippen LogP contribution in [0, 0.1) is 0 Å². The van der Waals surface area contributed by atoms with E-state index in [1.54, 1.807) is 11.8 Å². The zero-order valence-electron chi connectivity index (χ0n) is 9.46. The van der Waals surface area contributed by atoms with Gasteiger partial charge in [0, 0.05) is 9.68 Å². The van der Waals surface area contributed by atoms with Crippen LogP contribution in [-0.2, 0) is 9.40 Å². The molecule has 0 aromatic carbocycles. The van der Waals surface area contributed by atoms with Gasteiger partial charge in [-0.25, -0.2) is 4.84 Å². The van der Waals surface area contributed by atoms with E-state index >= 15 is 0 Å². The lowest BCUT2D eigenvalue weighted by Crippen LogP contribution is -2.35. The third-order valence-electron chi connectivity index (χ3n) is 2.36. The maximum atomic E-state index is 10.4. The maximum absolute atomic E-state index is 10.4. The van der Waals surface area contributed by atoms with Crippen molar-refractivity contribution in [2.24, 2.45) is 4.91 Å². The predicted octanol–water partition coefficient (Wildman–Crippen LogP) is 4.24. The van der Waals surface area contributed by atoms with E-state index in [-0.39, 0.29) is 5.60 Å². The van der Waals surface area contributed by atoms with E-state index in [1.165, 1.54) is 0 Å². The first-order chi connectivity index (χ1) is 7.14. The average Bonchev–Trinajstić information content (AvgIpc) is 2.26. The van der Waals surface area contributed by atoms with Crippen molar-refractivity contribution in [3.05, 3.63) is 0 Å². The van der Waals surface area contributed by atoms with Crippen molar-refractivity contribution in [3.63, 3.8) is 0 Å². The molecule has 0 rings (SSSR count). The highest BCUT2D eigenvalue weighted by molar-refractivity contribution is 14.1. The lowest BCUT2D eigenvalue weighted by Gasteiger charge is -2.30. The van der Waals surface area contributed by atoms with Gasteiger partial charge in [-0.3, -0.25) is 4.57 Å². The predicted molar refractivity (Wildman–Crippen MR) is 76.6 cm³/mol. The van der Waals surface area contributed by atoms with Crippen molar-refractivity contribution >= 4 is 42.6 Å². The van der Waals surface area contributed by atoms with E-state index in [2.05, 4.69) is 47.6 Å². The zero-order chi connectivity index (χ0) is 11.7. The van der Waals surface area contributed by atoms with Gasteiger partial charge >= 0.3 is 0 Å². The smallest absolute Gasteiger partial charge is 0.206 e. The molecular formula is C9H19INO2PS. The summed E-state index contributed by atoms with van der Waals surface area (Å²) in [6.07, 6.45) is 5.05. The molecule has 0 radical (unpaired) electrons. The van der Waals surface area contributed by atoms with Crippen molar-refractivity contribution in [1.29, 1.82) is 0 Å². The summed E-state index contributed by atoms with van der Waals surface area (Å²) in [7, 11) is -0.723. The summed E-state index contributed by atoms with van der Waals surface area (Å²) < 4.78 is 11.0.